The van der Waals surface area contributed by atoms with Crippen LogP contribution in [0.2, 0.25) is 0 Å². The van der Waals surface area contributed by atoms with Crippen molar-refractivity contribution in [3.63, 3.8) is 0 Å². The van der Waals surface area contributed by atoms with Crippen LogP contribution in [-0.4, -0.2) is 12.6 Å². The van der Waals surface area contributed by atoms with E-state index in [-0.39, 0.29) is 0 Å². The van der Waals surface area contributed by atoms with Crippen molar-refractivity contribution in [1.82, 2.24) is 5.32 Å². The average Bonchev–Trinajstić information content (AvgIpc) is 2.26. The Hall–Kier alpha value is -0.860. The molecule has 2 rings (SSSR count). The van der Waals surface area contributed by atoms with Gasteiger partial charge in [-0.2, -0.15) is 0 Å². The van der Waals surface area contributed by atoms with Crippen molar-refractivity contribution in [2.45, 2.75) is 44.9 Å². The molecule has 0 atom stereocenters. The summed E-state index contributed by atoms with van der Waals surface area (Å²) >= 11 is 0. The molecule has 1 aromatic rings. The first-order chi connectivity index (χ1) is 7.73. The van der Waals surface area contributed by atoms with Crippen molar-refractivity contribution in [2.24, 2.45) is 0 Å². The fourth-order valence-corrected chi connectivity index (χ4v) is 2.22. The lowest BCUT2D eigenvalue weighted by Gasteiger charge is -2.39. The summed E-state index contributed by atoms with van der Waals surface area (Å²) in [7, 11) is 1.75. The van der Waals surface area contributed by atoms with Gasteiger partial charge in [-0.3, -0.25) is 0 Å². The minimum atomic E-state index is 0.375. The van der Waals surface area contributed by atoms with Gasteiger partial charge in [0.15, 0.2) is 0 Å². The Labute approximate surface area is 98.0 Å². The minimum absolute atomic E-state index is 0.375. The number of nitrogens with one attached hydrogen (secondary N) is 1. The van der Waals surface area contributed by atoms with Crippen LogP contribution in [0.1, 0.15) is 37.3 Å². The molecule has 0 heterocycles. The lowest BCUT2D eigenvalue weighted by atomic mass is 9.78. The summed E-state index contributed by atoms with van der Waals surface area (Å²) in [6, 6.07) is 8.50. The predicted molar refractivity (Wildman–Crippen MR) is 66.3 cm³/mol. The van der Waals surface area contributed by atoms with E-state index in [4.69, 9.17) is 4.74 Å². The van der Waals surface area contributed by atoms with E-state index in [2.05, 4.69) is 36.5 Å². The van der Waals surface area contributed by atoms with Gasteiger partial charge >= 0.3 is 0 Å². The summed E-state index contributed by atoms with van der Waals surface area (Å²) in [5.74, 6) is 0. The Kier molecular flexibility index (Phi) is 3.62. The first-order valence-electron chi connectivity index (χ1n) is 6.04. The fraction of sp³-hybridized carbons (Fsp3) is 0.571. The second-order valence-corrected chi connectivity index (χ2v) is 4.97. The average molecular weight is 219 g/mol. The Morgan fingerprint density at radius 1 is 1.25 bits per heavy atom. The zero-order valence-corrected chi connectivity index (χ0v) is 10.3. The summed E-state index contributed by atoms with van der Waals surface area (Å²) in [4.78, 5) is 0. The van der Waals surface area contributed by atoms with Gasteiger partial charge in [-0.15, -0.1) is 0 Å². The van der Waals surface area contributed by atoms with Gasteiger partial charge in [0.2, 0.25) is 0 Å². The van der Waals surface area contributed by atoms with Crippen molar-refractivity contribution in [3.05, 3.63) is 35.4 Å². The van der Waals surface area contributed by atoms with Gasteiger partial charge < -0.3 is 10.1 Å². The molecule has 0 radical (unpaired) electrons. The van der Waals surface area contributed by atoms with Crippen LogP contribution in [-0.2, 0) is 17.9 Å². The molecule has 0 bridgehead atoms. The van der Waals surface area contributed by atoms with Crippen molar-refractivity contribution in [2.75, 3.05) is 7.11 Å². The summed E-state index contributed by atoms with van der Waals surface area (Å²) in [5, 5.41) is 3.66. The van der Waals surface area contributed by atoms with E-state index in [0.29, 0.717) is 12.1 Å². The summed E-state index contributed by atoms with van der Waals surface area (Å²) in [5.41, 5.74) is 3.03. The van der Waals surface area contributed by atoms with E-state index in [0.717, 1.165) is 6.54 Å². The van der Waals surface area contributed by atoms with Gasteiger partial charge in [0.25, 0.3) is 0 Å². The van der Waals surface area contributed by atoms with Crippen molar-refractivity contribution >= 4 is 0 Å². The molecule has 1 fully saturated rings. The molecule has 0 saturated heterocycles. The number of methoxy groups -OCH3 is 1. The molecule has 0 amide bonds. The van der Waals surface area contributed by atoms with E-state index < -0.39 is 0 Å². The van der Waals surface area contributed by atoms with Crippen LogP contribution in [0.3, 0.4) is 0 Å². The van der Waals surface area contributed by atoms with Crippen LogP contribution in [0, 0.1) is 0 Å². The number of ether oxygens (including phenoxy) is 1. The third kappa shape index (κ3) is 2.63. The summed E-state index contributed by atoms with van der Waals surface area (Å²) in [6.45, 7) is 3.97. The smallest absolute Gasteiger partial charge is 0.0716 e. The van der Waals surface area contributed by atoms with Gasteiger partial charge in [-0.25, -0.2) is 0 Å². The zero-order chi connectivity index (χ0) is 11.4. The van der Waals surface area contributed by atoms with Crippen molar-refractivity contribution in [3.8, 4) is 0 Å². The highest BCUT2D eigenvalue weighted by molar-refractivity contribution is 5.26. The predicted octanol–water partition coefficient (Wildman–Crippen LogP) is 2.87. The van der Waals surface area contributed by atoms with Crippen LogP contribution in [0.15, 0.2) is 24.3 Å². The number of hydrogen-bond acceptors (Lipinski definition) is 2. The molecule has 88 valence electrons. The molecule has 1 aromatic carbocycles. The fourth-order valence-electron chi connectivity index (χ4n) is 2.22. The maximum Gasteiger partial charge on any atom is 0.0716 e. The van der Waals surface area contributed by atoms with E-state index in [1.807, 2.05) is 0 Å². The maximum absolute atomic E-state index is 5.21. The molecule has 1 aliphatic carbocycles. The largest absolute Gasteiger partial charge is 0.380 e. The normalized spacial score (nSPS) is 18.1. The summed E-state index contributed by atoms with van der Waals surface area (Å²) in [6.07, 6.45) is 3.97. The van der Waals surface area contributed by atoms with Gasteiger partial charge in [-0.05, 0) is 37.3 Å². The second kappa shape index (κ2) is 4.98. The first kappa shape index (κ1) is 11.6. The zero-order valence-electron chi connectivity index (χ0n) is 10.3. The molecule has 0 spiro atoms. The molecule has 0 unspecified atom stereocenters. The standard InChI is InChI=1S/C14H21NO/c1-14(8-5-9-14)15-10-12-6-3-4-7-13(12)11-16-2/h3-4,6-7,15H,5,8-11H2,1-2H3. The lowest BCUT2D eigenvalue weighted by Crippen LogP contribution is -2.47. The number of hydrogen-bond donors (Lipinski definition) is 1. The molecule has 16 heavy (non-hydrogen) atoms. The molecule has 2 nitrogen and oxygen atoms in total. The van der Waals surface area contributed by atoms with Crippen LogP contribution < -0.4 is 5.32 Å². The number of benzene rings is 1. The van der Waals surface area contributed by atoms with E-state index in [1.165, 1.54) is 30.4 Å². The van der Waals surface area contributed by atoms with Crippen LogP contribution in [0.4, 0.5) is 0 Å². The SMILES string of the molecule is COCc1ccccc1CNC1(C)CCC1. The molecule has 1 N–H and O–H groups in total. The monoisotopic (exact) mass is 219 g/mol. The van der Waals surface area contributed by atoms with Crippen molar-refractivity contribution in [1.29, 1.82) is 0 Å². The van der Waals surface area contributed by atoms with Crippen molar-refractivity contribution < 1.29 is 4.74 Å². The Morgan fingerprint density at radius 2 is 1.94 bits per heavy atom. The van der Waals surface area contributed by atoms with Gasteiger partial charge in [0.05, 0.1) is 6.61 Å². The molecule has 1 aliphatic rings. The van der Waals surface area contributed by atoms with Crippen LogP contribution >= 0.6 is 0 Å². The van der Waals surface area contributed by atoms with E-state index in [9.17, 15) is 0 Å². The molecule has 1 saturated carbocycles. The highest BCUT2D eigenvalue weighted by Gasteiger charge is 2.30. The number of rotatable bonds is 5. The van der Waals surface area contributed by atoms with E-state index >= 15 is 0 Å². The quantitative estimate of drug-likeness (QED) is 0.822. The topological polar surface area (TPSA) is 21.3 Å². The van der Waals surface area contributed by atoms with E-state index in [1.54, 1.807) is 7.11 Å². The minimum Gasteiger partial charge on any atom is -0.380 e. The second-order valence-electron chi connectivity index (χ2n) is 4.97. The third-order valence-corrected chi connectivity index (χ3v) is 3.58. The van der Waals surface area contributed by atoms with Gasteiger partial charge in [0.1, 0.15) is 0 Å². The van der Waals surface area contributed by atoms with Crippen LogP contribution in [0.25, 0.3) is 0 Å². The molecular weight excluding hydrogens is 198 g/mol. The molecule has 0 aliphatic heterocycles. The Bertz CT molecular complexity index is 344. The van der Waals surface area contributed by atoms with Gasteiger partial charge in [-0.1, -0.05) is 24.3 Å². The molecule has 0 aromatic heterocycles. The maximum atomic E-state index is 5.21. The van der Waals surface area contributed by atoms with Crippen LogP contribution in [0.5, 0.6) is 0 Å². The Balaban J connectivity index is 1.97. The highest BCUT2D eigenvalue weighted by Crippen LogP contribution is 2.31. The lowest BCUT2D eigenvalue weighted by molar-refractivity contribution is 0.182. The van der Waals surface area contributed by atoms with Gasteiger partial charge in [0, 0.05) is 19.2 Å². The highest BCUT2D eigenvalue weighted by atomic mass is 16.5. The molecular formula is C14H21NO. The molecule has 2 heteroatoms. The third-order valence-electron chi connectivity index (χ3n) is 3.58. The first-order valence-corrected chi connectivity index (χ1v) is 6.04. The summed E-state index contributed by atoms with van der Waals surface area (Å²) < 4.78 is 5.21. The Morgan fingerprint density at radius 3 is 2.50 bits per heavy atom.